The minimum absolute atomic E-state index is 0.884. The minimum Gasteiger partial charge on any atom is -0.456 e. The predicted molar refractivity (Wildman–Crippen MR) is 208 cm³/mol. The Morgan fingerprint density at radius 2 is 1.10 bits per heavy atom. The van der Waals surface area contributed by atoms with Crippen LogP contribution >= 0.6 is 11.3 Å². The molecule has 1 aliphatic heterocycles. The van der Waals surface area contributed by atoms with Gasteiger partial charge in [0.25, 0.3) is 0 Å². The Balaban J connectivity index is 1.12. The molecule has 0 saturated heterocycles. The van der Waals surface area contributed by atoms with E-state index in [2.05, 4.69) is 175 Å². The third kappa shape index (κ3) is 4.62. The summed E-state index contributed by atoms with van der Waals surface area (Å²) in [5.41, 5.74) is 10.5. The summed E-state index contributed by atoms with van der Waals surface area (Å²) in [4.78, 5) is 2.39. The smallest absolute Gasteiger partial charge is 0.136 e. The van der Waals surface area contributed by atoms with Crippen LogP contribution in [0, 0.1) is 0 Å². The lowest BCUT2D eigenvalue weighted by molar-refractivity contribution is 0.487. The number of fused-ring (bicyclic) bond motifs is 5. The van der Waals surface area contributed by atoms with Crippen LogP contribution in [-0.4, -0.2) is 0 Å². The normalized spacial score (nSPS) is 11.8. The fourth-order valence-corrected chi connectivity index (χ4v) is 8.46. The molecule has 230 valence electrons. The molecule has 49 heavy (non-hydrogen) atoms. The third-order valence-corrected chi connectivity index (χ3v) is 10.8. The van der Waals surface area contributed by atoms with Gasteiger partial charge in [-0.1, -0.05) is 115 Å². The zero-order valence-corrected chi connectivity index (χ0v) is 27.3. The molecule has 9 aromatic rings. The molecule has 0 unspecified atom stereocenters. The lowest BCUT2D eigenvalue weighted by Gasteiger charge is -2.29. The van der Waals surface area contributed by atoms with E-state index in [0.29, 0.717) is 0 Å². The highest BCUT2D eigenvalue weighted by atomic mass is 32.1. The van der Waals surface area contributed by atoms with Gasteiger partial charge in [0.15, 0.2) is 0 Å². The van der Waals surface area contributed by atoms with Gasteiger partial charge in [-0.15, -0.1) is 11.3 Å². The van der Waals surface area contributed by atoms with Gasteiger partial charge < -0.3 is 9.64 Å². The van der Waals surface area contributed by atoms with Gasteiger partial charge in [0, 0.05) is 47.9 Å². The van der Waals surface area contributed by atoms with Crippen LogP contribution in [0.1, 0.15) is 0 Å². The number of nitrogens with zero attached hydrogens (tertiary/aromatic N) is 1. The number of thiophene rings is 1. The average molecular weight is 644 g/mol. The molecule has 0 N–H and O–H groups in total. The maximum atomic E-state index is 6.67. The molecule has 0 radical (unpaired) electrons. The number of hydrogen-bond acceptors (Lipinski definition) is 3. The van der Waals surface area contributed by atoms with Crippen molar-refractivity contribution in [1.82, 2.24) is 0 Å². The molecule has 0 spiro atoms. The highest BCUT2D eigenvalue weighted by Gasteiger charge is 2.24. The zero-order valence-electron chi connectivity index (χ0n) is 26.5. The van der Waals surface area contributed by atoms with Gasteiger partial charge in [0.05, 0.1) is 5.69 Å². The van der Waals surface area contributed by atoms with E-state index < -0.39 is 0 Å². The first kappa shape index (κ1) is 27.9. The van der Waals surface area contributed by atoms with E-state index in [1.165, 1.54) is 42.4 Å². The van der Waals surface area contributed by atoms with Crippen LogP contribution in [-0.2, 0) is 0 Å². The highest BCUT2D eigenvalue weighted by Crippen LogP contribution is 2.51. The monoisotopic (exact) mass is 643 g/mol. The van der Waals surface area contributed by atoms with Crippen molar-refractivity contribution in [3.05, 3.63) is 176 Å². The molecule has 8 aromatic carbocycles. The Morgan fingerprint density at radius 3 is 1.88 bits per heavy atom. The molecule has 3 heteroatoms. The van der Waals surface area contributed by atoms with E-state index in [1.54, 1.807) is 0 Å². The van der Waals surface area contributed by atoms with Gasteiger partial charge in [-0.3, -0.25) is 0 Å². The van der Waals surface area contributed by atoms with E-state index in [-0.39, 0.29) is 0 Å². The lowest BCUT2D eigenvalue weighted by atomic mass is 9.92. The molecule has 2 heterocycles. The standard InChI is InChI=1S/C46H29NOS/c1-4-11-30(12-5-1)32-20-26-44-40(27-32)37-23-21-35(29-45(37)49-44)47(34-15-8-3-9-16-34)41-24-25-42-46-38(17-10-18-39(41)46)36-22-19-33(28-43(36)48-42)31-13-6-2-7-14-31/h1-29H. The molecule has 0 fully saturated rings. The summed E-state index contributed by atoms with van der Waals surface area (Å²) in [6, 6.07) is 63.1. The van der Waals surface area contributed by atoms with Crippen molar-refractivity contribution in [3.63, 3.8) is 0 Å². The fraction of sp³-hybridized carbons (Fsp3) is 0. The van der Waals surface area contributed by atoms with E-state index >= 15 is 0 Å². The molecule has 2 nitrogen and oxygen atoms in total. The number of anilines is 3. The summed E-state index contributed by atoms with van der Waals surface area (Å²) < 4.78 is 9.24. The second-order valence-corrected chi connectivity index (χ2v) is 13.6. The van der Waals surface area contributed by atoms with Gasteiger partial charge >= 0.3 is 0 Å². The van der Waals surface area contributed by atoms with Crippen LogP contribution in [0.5, 0.6) is 11.5 Å². The van der Waals surface area contributed by atoms with Crippen LogP contribution in [0.2, 0.25) is 0 Å². The summed E-state index contributed by atoms with van der Waals surface area (Å²) in [5.74, 6) is 1.77. The Morgan fingerprint density at radius 1 is 0.388 bits per heavy atom. The lowest BCUT2D eigenvalue weighted by Crippen LogP contribution is -2.11. The van der Waals surface area contributed by atoms with Crippen molar-refractivity contribution in [2.24, 2.45) is 0 Å². The molecule has 0 aliphatic carbocycles. The topological polar surface area (TPSA) is 12.5 Å². The van der Waals surface area contributed by atoms with E-state index in [4.69, 9.17) is 4.74 Å². The molecule has 1 aliphatic rings. The van der Waals surface area contributed by atoms with Crippen LogP contribution in [0.25, 0.3) is 64.3 Å². The number of hydrogen-bond donors (Lipinski definition) is 0. The predicted octanol–water partition coefficient (Wildman–Crippen LogP) is 13.8. The van der Waals surface area contributed by atoms with E-state index in [9.17, 15) is 0 Å². The Hall–Kier alpha value is -6.16. The summed E-state index contributed by atoms with van der Waals surface area (Å²) in [6.07, 6.45) is 0. The van der Waals surface area contributed by atoms with Crippen LogP contribution in [0.15, 0.2) is 176 Å². The number of ether oxygens (including phenoxy) is 1. The number of benzene rings is 8. The third-order valence-electron chi connectivity index (χ3n) is 9.65. The molecular weight excluding hydrogens is 615 g/mol. The van der Waals surface area contributed by atoms with Crippen molar-refractivity contribution in [1.29, 1.82) is 0 Å². The van der Waals surface area contributed by atoms with Crippen molar-refractivity contribution in [2.75, 3.05) is 4.90 Å². The molecular formula is C46H29NOS. The van der Waals surface area contributed by atoms with Crippen molar-refractivity contribution >= 4 is 59.3 Å². The number of para-hydroxylation sites is 1. The quantitative estimate of drug-likeness (QED) is 0.185. The van der Waals surface area contributed by atoms with E-state index in [1.807, 2.05) is 17.4 Å². The van der Waals surface area contributed by atoms with Crippen molar-refractivity contribution < 1.29 is 4.74 Å². The molecule has 0 bridgehead atoms. The first-order chi connectivity index (χ1) is 24.3. The highest BCUT2D eigenvalue weighted by molar-refractivity contribution is 7.25. The van der Waals surface area contributed by atoms with Crippen LogP contribution in [0.3, 0.4) is 0 Å². The second kappa shape index (κ2) is 11.2. The van der Waals surface area contributed by atoms with Crippen molar-refractivity contribution in [2.45, 2.75) is 0 Å². The molecule has 1 aromatic heterocycles. The Labute approximate surface area is 288 Å². The minimum atomic E-state index is 0.884. The number of rotatable bonds is 5. The summed E-state index contributed by atoms with van der Waals surface area (Å²) >= 11 is 1.85. The molecule has 10 rings (SSSR count). The van der Waals surface area contributed by atoms with Crippen LogP contribution in [0.4, 0.5) is 17.1 Å². The van der Waals surface area contributed by atoms with Crippen molar-refractivity contribution in [3.8, 4) is 44.9 Å². The van der Waals surface area contributed by atoms with Gasteiger partial charge in [-0.05, 0) is 88.5 Å². The zero-order chi connectivity index (χ0) is 32.3. The Kier molecular flexibility index (Phi) is 6.39. The SMILES string of the molecule is c1ccc(-c2ccc3c(c2)Oc2ccc(N(c4ccccc4)c4ccc5c(c4)sc4ccc(-c6ccccc6)cc45)c4cccc-3c24)cc1. The molecule has 0 atom stereocenters. The van der Waals surface area contributed by atoms with E-state index in [0.717, 1.165) is 50.5 Å². The van der Waals surface area contributed by atoms with Gasteiger partial charge in [0.1, 0.15) is 11.5 Å². The Bertz CT molecular complexity index is 2680. The first-order valence-corrected chi connectivity index (χ1v) is 17.4. The molecule has 0 amide bonds. The van der Waals surface area contributed by atoms with Crippen LogP contribution < -0.4 is 9.64 Å². The largest absolute Gasteiger partial charge is 0.456 e. The van der Waals surface area contributed by atoms with Gasteiger partial charge in [-0.25, -0.2) is 0 Å². The summed E-state index contributed by atoms with van der Waals surface area (Å²) in [7, 11) is 0. The summed E-state index contributed by atoms with van der Waals surface area (Å²) in [6.45, 7) is 0. The van der Waals surface area contributed by atoms with Gasteiger partial charge in [0.2, 0.25) is 0 Å². The maximum Gasteiger partial charge on any atom is 0.136 e. The van der Waals surface area contributed by atoms with Gasteiger partial charge in [-0.2, -0.15) is 0 Å². The summed E-state index contributed by atoms with van der Waals surface area (Å²) in [5, 5.41) is 4.87. The average Bonchev–Trinajstić information content (AvgIpc) is 3.54. The first-order valence-electron chi connectivity index (χ1n) is 16.6. The maximum absolute atomic E-state index is 6.67. The molecule has 0 saturated carbocycles. The fourth-order valence-electron chi connectivity index (χ4n) is 7.34. The second-order valence-electron chi connectivity index (χ2n) is 12.5.